The Morgan fingerprint density at radius 2 is 1.95 bits per heavy atom. The van der Waals surface area contributed by atoms with E-state index in [1.165, 1.54) is 11.3 Å². The Morgan fingerprint density at radius 1 is 1.19 bits per heavy atom. The number of para-hydroxylation sites is 1. The Balaban J connectivity index is 2.06. The number of aromatic nitrogens is 2. The molecular formula is C15H14N2O2S2. The third kappa shape index (κ3) is 2.82. The smallest absolute Gasteiger partial charge is 0.200 e. The van der Waals surface area contributed by atoms with Crippen LogP contribution in [0.15, 0.2) is 41.6 Å². The molecule has 0 spiro atoms. The van der Waals surface area contributed by atoms with Crippen LogP contribution in [0.25, 0.3) is 10.9 Å². The van der Waals surface area contributed by atoms with Gasteiger partial charge in [-0.2, -0.15) is 0 Å². The normalized spacial score (nSPS) is 11.9. The summed E-state index contributed by atoms with van der Waals surface area (Å²) < 4.78 is 25.0. The number of hydrogen-bond acceptors (Lipinski definition) is 5. The number of sulfone groups is 1. The molecule has 0 radical (unpaired) electrons. The standard InChI is InChI=1S/C15H14N2O2S2/c1-10-7-15(17-14-6-4-3-5-13(10)14)21(18,19)9-12-8-16-11(2)20-12/h3-8H,9H2,1-2H3. The molecular weight excluding hydrogens is 304 g/mol. The van der Waals surface area contributed by atoms with E-state index in [1.807, 2.05) is 38.1 Å². The monoisotopic (exact) mass is 318 g/mol. The summed E-state index contributed by atoms with van der Waals surface area (Å²) in [6, 6.07) is 9.20. The van der Waals surface area contributed by atoms with Gasteiger partial charge in [0.1, 0.15) is 0 Å². The van der Waals surface area contributed by atoms with Gasteiger partial charge in [-0.3, -0.25) is 0 Å². The summed E-state index contributed by atoms with van der Waals surface area (Å²) in [5.41, 5.74) is 1.62. The fourth-order valence-corrected chi connectivity index (χ4v) is 4.69. The first-order chi connectivity index (χ1) is 9.95. The van der Waals surface area contributed by atoms with E-state index >= 15 is 0 Å². The van der Waals surface area contributed by atoms with Crippen LogP contribution in [0.3, 0.4) is 0 Å². The Bertz CT molecular complexity index is 914. The topological polar surface area (TPSA) is 59.9 Å². The molecule has 1 aromatic carbocycles. The maximum atomic E-state index is 12.5. The van der Waals surface area contributed by atoms with Gasteiger partial charge in [0.15, 0.2) is 5.03 Å². The van der Waals surface area contributed by atoms with Crippen LogP contribution >= 0.6 is 11.3 Å². The summed E-state index contributed by atoms with van der Waals surface area (Å²) in [4.78, 5) is 9.14. The predicted octanol–water partition coefficient (Wildman–Crippen LogP) is 3.28. The molecule has 0 fully saturated rings. The van der Waals surface area contributed by atoms with Gasteiger partial charge in [-0.15, -0.1) is 11.3 Å². The molecule has 3 aromatic rings. The summed E-state index contributed by atoms with van der Waals surface area (Å²) in [6.07, 6.45) is 1.62. The molecule has 108 valence electrons. The molecule has 2 heterocycles. The molecule has 0 atom stereocenters. The molecule has 0 aliphatic carbocycles. The first-order valence-electron chi connectivity index (χ1n) is 6.46. The lowest BCUT2D eigenvalue weighted by Gasteiger charge is -2.06. The van der Waals surface area contributed by atoms with Crippen LogP contribution in [-0.4, -0.2) is 18.4 Å². The zero-order valence-electron chi connectivity index (χ0n) is 11.7. The maximum absolute atomic E-state index is 12.5. The number of nitrogens with zero attached hydrogens (tertiary/aromatic N) is 2. The Hall–Kier alpha value is -1.79. The third-order valence-corrected chi connectivity index (χ3v) is 5.85. The molecule has 0 N–H and O–H groups in total. The highest BCUT2D eigenvalue weighted by molar-refractivity contribution is 7.90. The van der Waals surface area contributed by atoms with E-state index in [4.69, 9.17) is 0 Å². The van der Waals surface area contributed by atoms with Gasteiger partial charge in [-0.25, -0.2) is 18.4 Å². The van der Waals surface area contributed by atoms with Crippen molar-refractivity contribution >= 4 is 32.1 Å². The second kappa shape index (κ2) is 5.20. The molecule has 6 heteroatoms. The minimum atomic E-state index is -3.45. The number of pyridine rings is 1. The molecule has 0 aliphatic rings. The number of thiazole rings is 1. The number of fused-ring (bicyclic) bond motifs is 1. The SMILES string of the molecule is Cc1ncc(CS(=O)(=O)c2cc(C)c3ccccc3n2)s1. The Labute approximate surface area is 127 Å². The minimum Gasteiger partial charge on any atom is -0.250 e. The van der Waals surface area contributed by atoms with Crippen molar-refractivity contribution in [1.29, 1.82) is 0 Å². The van der Waals surface area contributed by atoms with Crippen molar-refractivity contribution in [1.82, 2.24) is 9.97 Å². The molecule has 0 bridgehead atoms. The number of aryl methyl sites for hydroxylation is 2. The lowest BCUT2D eigenvalue weighted by atomic mass is 10.1. The van der Waals surface area contributed by atoms with Gasteiger partial charge in [0.2, 0.25) is 9.84 Å². The van der Waals surface area contributed by atoms with Crippen molar-refractivity contribution in [3.63, 3.8) is 0 Å². The summed E-state index contributed by atoms with van der Waals surface area (Å²) in [6.45, 7) is 3.76. The highest BCUT2D eigenvalue weighted by Crippen LogP contribution is 2.23. The third-order valence-electron chi connectivity index (χ3n) is 3.22. The molecule has 0 saturated carbocycles. The van der Waals surface area contributed by atoms with Crippen LogP contribution in [0.5, 0.6) is 0 Å². The van der Waals surface area contributed by atoms with Crippen LogP contribution in [0.4, 0.5) is 0 Å². The van der Waals surface area contributed by atoms with Crippen LogP contribution in [0.1, 0.15) is 15.4 Å². The fourth-order valence-electron chi connectivity index (χ4n) is 2.21. The summed E-state index contributed by atoms with van der Waals surface area (Å²) >= 11 is 1.40. The van der Waals surface area contributed by atoms with E-state index in [0.29, 0.717) is 5.52 Å². The highest BCUT2D eigenvalue weighted by atomic mass is 32.2. The summed E-state index contributed by atoms with van der Waals surface area (Å²) in [7, 11) is -3.45. The Kier molecular flexibility index (Phi) is 3.51. The van der Waals surface area contributed by atoms with E-state index in [9.17, 15) is 8.42 Å². The molecule has 0 amide bonds. The van der Waals surface area contributed by atoms with Crippen LogP contribution in [0, 0.1) is 13.8 Å². The number of hydrogen-bond donors (Lipinski definition) is 0. The van der Waals surface area contributed by atoms with Gasteiger partial charge in [-0.1, -0.05) is 18.2 Å². The molecule has 0 saturated heterocycles. The van der Waals surface area contributed by atoms with Crippen LogP contribution in [0.2, 0.25) is 0 Å². The van der Waals surface area contributed by atoms with Crippen molar-refractivity contribution in [2.45, 2.75) is 24.6 Å². The lowest BCUT2D eigenvalue weighted by Crippen LogP contribution is -2.07. The number of rotatable bonds is 3. The van der Waals surface area contributed by atoms with Gasteiger partial charge in [0.25, 0.3) is 0 Å². The molecule has 0 aliphatic heterocycles. The number of benzene rings is 1. The predicted molar refractivity (Wildman–Crippen MR) is 84.2 cm³/mol. The largest absolute Gasteiger partial charge is 0.250 e. The lowest BCUT2D eigenvalue weighted by molar-refractivity contribution is 0.592. The fraction of sp³-hybridized carbons (Fsp3) is 0.200. The van der Waals surface area contributed by atoms with E-state index in [0.717, 1.165) is 20.8 Å². The summed E-state index contributed by atoms with van der Waals surface area (Å²) in [5.74, 6) is -0.0523. The van der Waals surface area contributed by atoms with E-state index in [-0.39, 0.29) is 10.8 Å². The zero-order valence-corrected chi connectivity index (χ0v) is 13.3. The Morgan fingerprint density at radius 3 is 2.67 bits per heavy atom. The average molecular weight is 318 g/mol. The first-order valence-corrected chi connectivity index (χ1v) is 8.93. The average Bonchev–Trinajstić information content (AvgIpc) is 2.83. The van der Waals surface area contributed by atoms with Gasteiger partial charge in [-0.05, 0) is 31.5 Å². The van der Waals surface area contributed by atoms with Gasteiger partial charge in [0.05, 0.1) is 16.3 Å². The first kappa shape index (κ1) is 14.2. The van der Waals surface area contributed by atoms with E-state index < -0.39 is 9.84 Å². The van der Waals surface area contributed by atoms with E-state index in [1.54, 1.807) is 12.3 Å². The second-order valence-corrected chi connectivity index (χ2v) is 8.15. The highest BCUT2D eigenvalue weighted by Gasteiger charge is 2.19. The van der Waals surface area contributed by atoms with Crippen molar-refractivity contribution in [2.24, 2.45) is 0 Å². The molecule has 2 aromatic heterocycles. The van der Waals surface area contributed by atoms with Crippen molar-refractivity contribution < 1.29 is 8.42 Å². The quantitative estimate of drug-likeness (QED) is 0.743. The molecule has 3 rings (SSSR count). The summed E-state index contributed by atoms with van der Waals surface area (Å²) in [5, 5.41) is 1.97. The van der Waals surface area contributed by atoms with Crippen molar-refractivity contribution in [3.8, 4) is 0 Å². The van der Waals surface area contributed by atoms with Crippen LogP contribution < -0.4 is 0 Å². The van der Waals surface area contributed by atoms with Crippen LogP contribution in [-0.2, 0) is 15.6 Å². The van der Waals surface area contributed by atoms with Gasteiger partial charge in [0, 0.05) is 16.5 Å². The molecule has 4 nitrogen and oxygen atoms in total. The van der Waals surface area contributed by atoms with Crippen molar-refractivity contribution in [2.75, 3.05) is 0 Å². The van der Waals surface area contributed by atoms with E-state index in [2.05, 4.69) is 9.97 Å². The molecule has 21 heavy (non-hydrogen) atoms. The second-order valence-electron chi connectivity index (χ2n) is 4.90. The molecule has 0 unspecified atom stereocenters. The van der Waals surface area contributed by atoms with Gasteiger partial charge < -0.3 is 0 Å². The minimum absolute atomic E-state index is 0.0523. The zero-order chi connectivity index (χ0) is 15.0. The van der Waals surface area contributed by atoms with Gasteiger partial charge >= 0.3 is 0 Å². The maximum Gasteiger partial charge on any atom is 0.200 e. The van der Waals surface area contributed by atoms with Crippen molar-refractivity contribution in [3.05, 3.63) is 52.0 Å².